The van der Waals surface area contributed by atoms with Crippen molar-refractivity contribution in [2.45, 2.75) is 20.8 Å². The van der Waals surface area contributed by atoms with Gasteiger partial charge in [-0.15, -0.1) is 11.3 Å². The second-order valence-corrected chi connectivity index (χ2v) is 9.49. The predicted octanol–water partition coefficient (Wildman–Crippen LogP) is 2.94. The van der Waals surface area contributed by atoms with Crippen molar-refractivity contribution in [3.63, 3.8) is 0 Å². The third-order valence-corrected chi connectivity index (χ3v) is 6.69. The molecule has 1 amide bonds. The summed E-state index contributed by atoms with van der Waals surface area (Å²) in [6.45, 7) is 6.51. The summed E-state index contributed by atoms with van der Waals surface area (Å²) in [5, 5.41) is 14.9. The first kappa shape index (κ1) is 22.7. The van der Waals surface area contributed by atoms with Gasteiger partial charge in [0.05, 0.1) is 11.3 Å². The Morgan fingerprint density at radius 2 is 1.91 bits per heavy atom. The fourth-order valence-electron chi connectivity index (χ4n) is 4.24. The van der Waals surface area contributed by atoms with Crippen LogP contribution in [0.5, 0.6) is 0 Å². The molecule has 5 rings (SSSR count). The molecule has 4 aromatic heterocycles. The van der Waals surface area contributed by atoms with Crippen molar-refractivity contribution in [2.75, 3.05) is 23.3 Å². The molecule has 0 bridgehead atoms. The van der Waals surface area contributed by atoms with Crippen molar-refractivity contribution < 1.29 is 14.7 Å². The quantitative estimate of drug-likeness (QED) is 0.437. The Balaban J connectivity index is 1.45. The van der Waals surface area contributed by atoms with Crippen LogP contribution in [-0.2, 0) is 4.79 Å². The lowest BCUT2D eigenvalue weighted by molar-refractivity contribution is -0.120. The number of hydrogen-bond acceptors (Lipinski definition) is 8. The summed E-state index contributed by atoms with van der Waals surface area (Å²) >= 11 is 1.31. The van der Waals surface area contributed by atoms with E-state index in [1.54, 1.807) is 24.6 Å². The van der Waals surface area contributed by atoms with E-state index in [4.69, 9.17) is 4.98 Å². The van der Waals surface area contributed by atoms with Crippen molar-refractivity contribution in [1.82, 2.24) is 19.5 Å². The Kier molecular flexibility index (Phi) is 5.56. The molecule has 0 spiro atoms. The summed E-state index contributed by atoms with van der Waals surface area (Å²) in [6.07, 6.45) is 2.87. The van der Waals surface area contributed by atoms with Gasteiger partial charge in [0.25, 0.3) is 0 Å². The van der Waals surface area contributed by atoms with E-state index in [1.807, 2.05) is 30.9 Å². The van der Waals surface area contributed by atoms with Gasteiger partial charge in [0.15, 0.2) is 10.8 Å². The monoisotopic (exact) mass is 490 g/mol. The number of nitrogens with one attached hydrogen (secondary N) is 1. The van der Waals surface area contributed by atoms with Crippen LogP contribution in [0.2, 0.25) is 0 Å². The van der Waals surface area contributed by atoms with Crippen LogP contribution < -0.4 is 15.6 Å². The molecule has 35 heavy (non-hydrogen) atoms. The molecule has 1 aliphatic rings. The number of hydrogen-bond donors (Lipinski definition) is 2. The van der Waals surface area contributed by atoms with E-state index in [0.717, 1.165) is 11.3 Å². The lowest BCUT2D eigenvalue weighted by Gasteiger charge is -2.39. The Morgan fingerprint density at radius 1 is 1.14 bits per heavy atom. The number of carboxylic acids is 1. The van der Waals surface area contributed by atoms with Gasteiger partial charge in [-0.25, -0.2) is 19.7 Å². The van der Waals surface area contributed by atoms with E-state index in [9.17, 15) is 19.5 Å². The highest BCUT2D eigenvalue weighted by atomic mass is 32.1. The zero-order valence-electron chi connectivity index (χ0n) is 19.3. The summed E-state index contributed by atoms with van der Waals surface area (Å²) < 4.78 is 1.54. The molecule has 0 radical (unpaired) electrons. The van der Waals surface area contributed by atoms with Gasteiger partial charge < -0.3 is 15.3 Å². The molecule has 1 fully saturated rings. The topological polar surface area (TPSA) is 130 Å². The van der Waals surface area contributed by atoms with Crippen LogP contribution >= 0.6 is 11.3 Å². The van der Waals surface area contributed by atoms with Crippen LogP contribution in [-0.4, -0.2) is 49.6 Å². The van der Waals surface area contributed by atoms with Crippen LogP contribution in [0.3, 0.4) is 0 Å². The normalized spacial score (nSPS) is 13.6. The lowest BCUT2D eigenvalue weighted by atomic mass is 9.98. The maximum Gasteiger partial charge on any atom is 0.341 e. The van der Waals surface area contributed by atoms with Crippen molar-refractivity contribution in [2.24, 2.45) is 5.92 Å². The Morgan fingerprint density at radius 3 is 2.57 bits per heavy atom. The molecular weight excluding hydrogens is 468 g/mol. The van der Waals surface area contributed by atoms with Gasteiger partial charge in [0.1, 0.15) is 17.2 Å². The second kappa shape index (κ2) is 8.58. The average molecular weight is 491 g/mol. The molecule has 1 aliphatic heterocycles. The summed E-state index contributed by atoms with van der Waals surface area (Å²) in [5.41, 5.74) is 1.87. The first-order chi connectivity index (χ1) is 16.7. The predicted molar refractivity (Wildman–Crippen MR) is 133 cm³/mol. The fourth-order valence-corrected chi connectivity index (χ4v) is 4.86. The molecule has 10 nitrogen and oxygen atoms in total. The fraction of sp³-hybridized carbons (Fsp3) is 0.250. The highest BCUT2D eigenvalue weighted by Crippen LogP contribution is 2.29. The van der Waals surface area contributed by atoms with Crippen LogP contribution in [0.25, 0.3) is 16.2 Å². The highest BCUT2D eigenvalue weighted by Gasteiger charge is 2.34. The second-order valence-electron chi connectivity index (χ2n) is 8.62. The molecule has 0 atom stereocenters. The number of nitrogens with zero attached hydrogens (tertiary/aromatic N) is 5. The maximum absolute atomic E-state index is 12.9. The first-order valence-electron chi connectivity index (χ1n) is 10.9. The maximum atomic E-state index is 12.9. The molecule has 2 N–H and O–H groups in total. The van der Waals surface area contributed by atoms with Crippen LogP contribution in [0.4, 0.5) is 11.6 Å². The Bertz CT molecular complexity index is 1520. The minimum Gasteiger partial charge on any atom is -0.477 e. The molecule has 5 heterocycles. The van der Waals surface area contributed by atoms with Gasteiger partial charge >= 0.3 is 5.97 Å². The van der Waals surface area contributed by atoms with Gasteiger partial charge in [-0.3, -0.25) is 14.2 Å². The molecule has 0 unspecified atom stereocenters. The van der Waals surface area contributed by atoms with Crippen LogP contribution in [0.15, 0.2) is 40.8 Å². The van der Waals surface area contributed by atoms with Crippen LogP contribution in [0.1, 0.15) is 27.2 Å². The van der Waals surface area contributed by atoms with E-state index >= 15 is 0 Å². The number of thiazole rings is 1. The molecule has 1 saturated heterocycles. The van der Waals surface area contributed by atoms with Crippen molar-refractivity contribution in [1.29, 1.82) is 0 Å². The zero-order valence-corrected chi connectivity index (χ0v) is 20.1. The first-order valence-corrected chi connectivity index (χ1v) is 11.8. The van der Waals surface area contributed by atoms with Gasteiger partial charge in [0.2, 0.25) is 11.3 Å². The summed E-state index contributed by atoms with van der Waals surface area (Å²) in [7, 11) is 0. The van der Waals surface area contributed by atoms with E-state index < -0.39 is 11.4 Å². The van der Waals surface area contributed by atoms with E-state index in [-0.39, 0.29) is 22.8 Å². The molecular formula is C24H22N6O4S. The minimum atomic E-state index is -1.31. The third-order valence-electron chi connectivity index (χ3n) is 5.92. The van der Waals surface area contributed by atoms with Crippen molar-refractivity contribution in [3.05, 3.63) is 68.6 Å². The third kappa shape index (κ3) is 4.14. The highest BCUT2D eigenvalue weighted by molar-refractivity contribution is 7.12. The average Bonchev–Trinajstić information content (AvgIpc) is 3.26. The smallest absolute Gasteiger partial charge is 0.341 e. The van der Waals surface area contributed by atoms with Gasteiger partial charge in [-0.05, 0) is 50.1 Å². The van der Waals surface area contributed by atoms with Gasteiger partial charge in [-0.1, -0.05) is 0 Å². The minimum absolute atomic E-state index is 0.109. The Labute approximate surface area is 203 Å². The van der Waals surface area contributed by atoms with Crippen LogP contribution in [0, 0.1) is 26.7 Å². The van der Waals surface area contributed by atoms with Crippen molar-refractivity contribution >= 4 is 45.9 Å². The number of aromatic nitrogens is 4. The SMILES string of the molecule is Cc1cc(C)nc(NC(=O)C2CN(c3cc(C)c4c(=O)c(C(=O)O)cn(-c5nccs5)c4n3)C2)c1. The number of carbonyl (C=O) groups is 2. The summed E-state index contributed by atoms with van der Waals surface area (Å²) in [5.74, 6) is -0.503. The zero-order chi connectivity index (χ0) is 24.9. The van der Waals surface area contributed by atoms with Crippen molar-refractivity contribution in [3.8, 4) is 5.13 Å². The molecule has 4 aromatic rings. The standard InChI is InChI=1S/C24H22N6O4S/c1-12-6-14(3)26-17(7-12)27-22(32)15-9-29(10-15)18-8-13(2)19-20(31)16(23(33)34)11-30(21(19)28-18)24-25-4-5-35-24/h4-8,11,15H,9-10H2,1-3H3,(H,33,34)(H,26,27,32). The number of fused-ring (bicyclic) bond motifs is 1. The number of carbonyl (C=O) groups excluding carboxylic acids is 1. The van der Waals surface area contributed by atoms with E-state index in [2.05, 4.69) is 15.3 Å². The molecule has 0 aliphatic carbocycles. The van der Waals surface area contributed by atoms with Gasteiger partial charge in [0, 0.05) is 36.6 Å². The largest absolute Gasteiger partial charge is 0.477 e. The van der Waals surface area contributed by atoms with E-state index in [1.165, 1.54) is 22.1 Å². The number of anilines is 2. The Hall–Kier alpha value is -4.12. The number of carboxylic acid groups (broad SMARTS) is 1. The molecule has 178 valence electrons. The molecule has 0 aromatic carbocycles. The number of pyridine rings is 3. The number of aryl methyl sites for hydroxylation is 3. The molecule has 0 saturated carbocycles. The number of rotatable bonds is 5. The summed E-state index contributed by atoms with van der Waals surface area (Å²) in [4.78, 5) is 52.6. The van der Waals surface area contributed by atoms with E-state index in [0.29, 0.717) is 41.1 Å². The molecule has 11 heteroatoms. The lowest BCUT2D eigenvalue weighted by Crippen LogP contribution is -2.52. The van der Waals surface area contributed by atoms with Gasteiger partial charge in [-0.2, -0.15) is 0 Å². The summed E-state index contributed by atoms with van der Waals surface area (Å²) in [6, 6.07) is 5.53. The number of aromatic carboxylic acids is 1. The number of amides is 1.